The van der Waals surface area contributed by atoms with Crippen LogP contribution in [-0.4, -0.2) is 68.2 Å². The van der Waals surface area contributed by atoms with Gasteiger partial charge in [0, 0.05) is 57.1 Å². The van der Waals surface area contributed by atoms with Crippen LogP contribution >= 0.6 is 0 Å². The molecule has 148 valence electrons. The van der Waals surface area contributed by atoms with Gasteiger partial charge in [-0.3, -0.25) is 9.69 Å². The highest BCUT2D eigenvalue weighted by molar-refractivity contribution is 5.95. The van der Waals surface area contributed by atoms with E-state index in [-0.39, 0.29) is 5.91 Å². The number of carbonyl (C=O) groups is 1. The highest BCUT2D eigenvalue weighted by Gasteiger charge is 2.23. The van der Waals surface area contributed by atoms with Crippen LogP contribution in [0.25, 0.3) is 0 Å². The molecule has 0 aromatic heterocycles. The number of carbonyl (C=O) groups excluding carboxylic acids is 1. The number of hydrogen-bond acceptors (Lipinski definition) is 4. The van der Waals surface area contributed by atoms with E-state index in [0.29, 0.717) is 0 Å². The number of nitrogens with zero attached hydrogens (tertiary/aromatic N) is 3. The van der Waals surface area contributed by atoms with Crippen molar-refractivity contribution in [2.45, 2.75) is 13.5 Å². The van der Waals surface area contributed by atoms with Crippen molar-refractivity contribution >= 4 is 11.6 Å². The second-order valence-electron chi connectivity index (χ2n) is 7.71. The van der Waals surface area contributed by atoms with Crippen LogP contribution in [0.4, 0.5) is 5.69 Å². The molecule has 0 radical (unpaired) electrons. The third kappa shape index (κ3) is 4.54. The van der Waals surface area contributed by atoms with Crippen molar-refractivity contribution in [2.24, 2.45) is 0 Å². The van der Waals surface area contributed by atoms with Crippen molar-refractivity contribution < 1.29 is 9.53 Å². The number of ether oxygens (including phenoxy) is 1. The van der Waals surface area contributed by atoms with E-state index in [0.717, 1.165) is 70.3 Å². The standard InChI is InChI=1S/C23H29N3O2/c1-19-4-2-5-20(16-19)18-24-8-10-26(11-9-24)23(27)21-6-3-7-22(17-21)25-12-14-28-15-13-25/h2-7,16-17H,8-15,18H2,1H3. The van der Waals surface area contributed by atoms with Crippen LogP contribution in [-0.2, 0) is 11.3 Å². The molecule has 2 heterocycles. The number of aryl methyl sites for hydroxylation is 1. The van der Waals surface area contributed by atoms with E-state index in [1.165, 1.54) is 11.1 Å². The van der Waals surface area contributed by atoms with Crippen LogP contribution in [0.15, 0.2) is 48.5 Å². The maximum atomic E-state index is 13.0. The Morgan fingerprint density at radius 3 is 2.43 bits per heavy atom. The molecular weight excluding hydrogens is 350 g/mol. The Hall–Kier alpha value is -2.37. The maximum Gasteiger partial charge on any atom is 0.254 e. The summed E-state index contributed by atoms with van der Waals surface area (Å²) < 4.78 is 5.43. The van der Waals surface area contributed by atoms with Gasteiger partial charge in [0.15, 0.2) is 0 Å². The molecule has 2 fully saturated rings. The summed E-state index contributed by atoms with van der Waals surface area (Å²) in [5.41, 5.74) is 4.55. The fourth-order valence-electron chi connectivity index (χ4n) is 4.02. The number of rotatable bonds is 4. The number of morpholine rings is 1. The van der Waals surface area contributed by atoms with Crippen molar-refractivity contribution in [1.82, 2.24) is 9.80 Å². The molecule has 5 heteroatoms. The Labute approximate surface area is 167 Å². The fourth-order valence-corrected chi connectivity index (χ4v) is 4.02. The number of piperazine rings is 1. The molecule has 0 aliphatic carbocycles. The van der Waals surface area contributed by atoms with Crippen molar-refractivity contribution in [1.29, 1.82) is 0 Å². The lowest BCUT2D eigenvalue weighted by Gasteiger charge is -2.35. The molecule has 0 N–H and O–H groups in total. The largest absolute Gasteiger partial charge is 0.378 e. The maximum absolute atomic E-state index is 13.0. The summed E-state index contributed by atoms with van der Waals surface area (Å²) in [7, 11) is 0. The Morgan fingerprint density at radius 1 is 0.929 bits per heavy atom. The monoisotopic (exact) mass is 379 g/mol. The van der Waals surface area contributed by atoms with E-state index in [2.05, 4.69) is 47.1 Å². The SMILES string of the molecule is Cc1cccc(CN2CCN(C(=O)c3cccc(N4CCOCC4)c3)CC2)c1. The van der Waals surface area contributed by atoms with Crippen LogP contribution in [0.2, 0.25) is 0 Å². The predicted molar refractivity (Wildman–Crippen MR) is 112 cm³/mol. The van der Waals surface area contributed by atoms with Crippen LogP contribution in [0.5, 0.6) is 0 Å². The summed E-state index contributed by atoms with van der Waals surface area (Å²) in [6, 6.07) is 16.7. The molecule has 1 amide bonds. The van der Waals surface area contributed by atoms with E-state index < -0.39 is 0 Å². The molecule has 2 aliphatic heterocycles. The first-order valence-electron chi connectivity index (χ1n) is 10.2. The molecule has 2 aromatic carbocycles. The van der Waals surface area contributed by atoms with E-state index in [1.807, 2.05) is 23.1 Å². The highest BCUT2D eigenvalue weighted by Crippen LogP contribution is 2.19. The van der Waals surface area contributed by atoms with Gasteiger partial charge in [0.1, 0.15) is 0 Å². The lowest BCUT2D eigenvalue weighted by Crippen LogP contribution is -2.48. The lowest BCUT2D eigenvalue weighted by atomic mass is 10.1. The first-order valence-corrected chi connectivity index (χ1v) is 10.2. The number of hydrogen-bond donors (Lipinski definition) is 0. The van der Waals surface area contributed by atoms with Gasteiger partial charge in [0.05, 0.1) is 13.2 Å². The molecule has 0 unspecified atom stereocenters. The number of amides is 1. The van der Waals surface area contributed by atoms with Crippen LogP contribution in [0.3, 0.4) is 0 Å². The normalized spacial score (nSPS) is 18.3. The molecule has 2 saturated heterocycles. The van der Waals surface area contributed by atoms with Crippen molar-refractivity contribution in [3.63, 3.8) is 0 Å². The van der Waals surface area contributed by atoms with Crippen molar-refractivity contribution in [3.8, 4) is 0 Å². The second kappa shape index (κ2) is 8.76. The van der Waals surface area contributed by atoms with Crippen molar-refractivity contribution in [2.75, 3.05) is 57.4 Å². The van der Waals surface area contributed by atoms with Gasteiger partial charge in [0.25, 0.3) is 5.91 Å². The summed E-state index contributed by atoms with van der Waals surface area (Å²) in [6.07, 6.45) is 0. The van der Waals surface area contributed by atoms with E-state index in [1.54, 1.807) is 0 Å². The van der Waals surface area contributed by atoms with E-state index in [4.69, 9.17) is 4.74 Å². The van der Waals surface area contributed by atoms with Gasteiger partial charge in [-0.1, -0.05) is 35.9 Å². The second-order valence-corrected chi connectivity index (χ2v) is 7.71. The zero-order chi connectivity index (χ0) is 19.3. The molecule has 0 saturated carbocycles. The minimum atomic E-state index is 0.144. The molecule has 0 bridgehead atoms. The molecule has 2 aliphatic rings. The minimum absolute atomic E-state index is 0.144. The molecule has 4 rings (SSSR count). The summed E-state index contributed by atoms with van der Waals surface area (Å²) >= 11 is 0. The number of benzene rings is 2. The molecule has 0 spiro atoms. The Bertz CT molecular complexity index is 809. The quantitative estimate of drug-likeness (QED) is 0.819. The van der Waals surface area contributed by atoms with Crippen LogP contribution in [0.1, 0.15) is 21.5 Å². The number of anilines is 1. The topological polar surface area (TPSA) is 36.0 Å². The third-order valence-corrected chi connectivity index (χ3v) is 5.62. The van der Waals surface area contributed by atoms with Gasteiger partial charge in [-0.25, -0.2) is 0 Å². The smallest absolute Gasteiger partial charge is 0.254 e. The zero-order valence-corrected chi connectivity index (χ0v) is 16.6. The highest BCUT2D eigenvalue weighted by atomic mass is 16.5. The lowest BCUT2D eigenvalue weighted by molar-refractivity contribution is 0.0628. The zero-order valence-electron chi connectivity index (χ0n) is 16.6. The van der Waals surface area contributed by atoms with Gasteiger partial charge in [-0.05, 0) is 30.7 Å². The van der Waals surface area contributed by atoms with Gasteiger partial charge in [-0.15, -0.1) is 0 Å². The summed E-state index contributed by atoms with van der Waals surface area (Å²) in [5.74, 6) is 0.144. The van der Waals surface area contributed by atoms with Gasteiger partial charge in [0.2, 0.25) is 0 Å². The predicted octanol–water partition coefficient (Wildman–Crippen LogP) is 2.79. The van der Waals surface area contributed by atoms with Crippen LogP contribution < -0.4 is 4.90 Å². The third-order valence-electron chi connectivity index (χ3n) is 5.62. The summed E-state index contributed by atoms with van der Waals surface area (Å²) in [5, 5.41) is 0. The molecule has 5 nitrogen and oxygen atoms in total. The van der Waals surface area contributed by atoms with Crippen molar-refractivity contribution in [3.05, 3.63) is 65.2 Å². The molecule has 0 atom stereocenters. The first-order chi connectivity index (χ1) is 13.7. The van der Waals surface area contributed by atoms with Gasteiger partial charge in [-0.2, -0.15) is 0 Å². The average Bonchev–Trinajstić information content (AvgIpc) is 2.75. The fraction of sp³-hybridized carbons (Fsp3) is 0.435. The van der Waals surface area contributed by atoms with Gasteiger partial charge >= 0.3 is 0 Å². The minimum Gasteiger partial charge on any atom is -0.378 e. The Balaban J connectivity index is 1.35. The summed E-state index contributed by atoms with van der Waals surface area (Å²) in [4.78, 5) is 19.7. The molecule has 28 heavy (non-hydrogen) atoms. The van der Waals surface area contributed by atoms with Crippen LogP contribution in [0, 0.1) is 6.92 Å². The van der Waals surface area contributed by atoms with E-state index in [9.17, 15) is 4.79 Å². The first kappa shape index (κ1) is 19.0. The summed E-state index contributed by atoms with van der Waals surface area (Å²) in [6.45, 7) is 9.76. The van der Waals surface area contributed by atoms with Gasteiger partial charge < -0.3 is 14.5 Å². The Kier molecular flexibility index (Phi) is 5.93. The average molecular weight is 380 g/mol. The molecular formula is C23H29N3O2. The van der Waals surface area contributed by atoms with E-state index >= 15 is 0 Å². The molecule has 2 aromatic rings. The Morgan fingerprint density at radius 2 is 1.68 bits per heavy atom.